The highest BCUT2D eigenvalue weighted by molar-refractivity contribution is 6.74. The molecule has 1 unspecified atom stereocenters. The van der Waals surface area contributed by atoms with Crippen LogP contribution in [-0.2, 0) is 14.0 Å². The first-order valence-corrected chi connectivity index (χ1v) is 13.2. The van der Waals surface area contributed by atoms with Crippen molar-refractivity contribution >= 4 is 14.3 Å². The second kappa shape index (κ2) is 8.24. The second-order valence-corrected chi connectivity index (χ2v) is 15.3. The number of esters is 1. The van der Waals surface area contributed by atoms with Gasteiger partial charge < -0.3 is 9.16 Å². The Bertz CT molecular complexity index is 571. The third-order valence-corrected chi connectivity index (χ3v) is 11.4. The molecule has 0 N–H and O–H groups in total. The summed E-state index contributed by atoms with van der Waals surface area (Å²) in [7, 11) is -1.84. The molecule has 1 fully saturated rings. The summed E-state index contributed by atoms with van der Waals surface area (Å²) in [6, 6.07) is 0. The van der Waals surface area contributed by atoms with Crippen LogP contribution in [0.5, 0.6) is 0 Å². The van der Waals surface area contributed by atoms with Crippen molar-refractivity contribution in [2.75, 3.05) is 0 Å². The number of hydrogen-bond donors (Lipinski definition) is 0. The molecule has 0 aliphatic heterocycles. The molecular formula is C23H42O3Si. The molecular weight excluding hydrogens is 352 g/mol. The van der Waals surface area contributed by atoms with Gasteiger partial charge in [-0.05, 0) is 68.1 Å². The van der Waals surface area contributed by atoms with Gasteiger partial charge in [0.05, 0.1) is 6.10 Å². The molecule has 1 rings (SSSR count). The predicted octanol–water partition coefficient (Wildman–Crippen LogP) is 6.66. The van der Waals surface area contributed by atoms with E-state index in [0.29, 0.717) is 5.92 Å². The highest BCUT2D eigenvalue weighted by Gasteiger charge is 2.48. The molecule has 0 amide bonds. The summed E-state index contributed by atoms with van der Waals surface area (Å²) in [4.78, 5) is 11.5. The van der Waals surface area contributed by atoms with Crippen LogP contribution >= 0.6 is 0 Å². The molecule has 0 aromatic rings. The Morgan fingerprint density at radius 3 is 2.30 bits per heavy atom. The van der Waals surface area contributed by atoms with Gasteiger partial charge in [0.2, 0.25) is 0 Å². The fourth-order valence-corrected chi connectivity index (χ4v) is 5.37. The minimum absolute atomic E-state index is 0.00313. The fourth-order valence-electron chi connectivity index (χ4n) is 3.89. The van der Waals surface area contributed by atoms with Crippen LogP contribution in [0.3, 0.4) is 0 Å². The topological polar surface area (TPSA) is 35.5 Å². The molecule has 0 heterocycles. The van der Waals surface area contributed by atoms with E-state index >= 15 is 0 Å². The van der Waals surface area contributed by atoms with Gasteiger partial charge in [0, 0.05) is 6.92 Å². The van der Waals surface area contributed by atoms with Crippen LogP contribution in [0.1, 0.15) is 74.1 Å². The van der Waals surface area contributed by atoms with Crippen LogP contribution in [0.2, 0.25) is 18.1 Å². The minimum Gasteiger partial charge on any atom is -0.455 e. The normalized spacial score (nSPS) is 25.6. The van der Waals surface area contributed by atoms with Gasteiger partial charge in [-0.2, -0.15) is 0 Å². The van der Waals surface area contributed by atoms with Crippen molar-refractivity contribution in [1.29, 1.82) is 0 Å². The molecule has 3 nitrogen and oxygen atoms in total. The molecule has 0 aromatic heterocycles. The molecule has 1 aliphatic rings. The molecule has 0 radical (unpaired) electrons. The van der Waals surface area contributed by atoms with E-state index in [4.69, 9.17) is 9.16 Å². The van der Waals surface area contributed by atoms with Crippen molar-refractivity contribution in [3.8, 4) is 0 Å². The average molecular weight is 395 g/mol. The number of hydrogen-bond acceptors (Lipinski definition) is 3. The first-order chi connectivity index (χ1) is 12.1. The Morgan fingerprint density at radius 1 is 1.30 bits per heavy atom. The zero-order valence-corrected chi connectivity index (χ0v) is 20.2. The third-order valence-electron chi connectivity index (χ3n) is 6.93. The van der Waals surface area contributed by atoms with Crippen LogP contribution in [-0.4, -0.2) is 26.0 Å². The van der Waals surface area contributed by atoms with Crippen molar-refractivity contribution in [2.45, 2.75) is 104 Å². The summed E-state index contributed by atoms with van der Waals surface area (Å²) in [6.45, 7) is 27.8. The van der Waals surface area contributed by atoms with E-state index in [2.05, 4.69) is 60.9 Å². The summed E-state index contributed by atoms with van der Waals surface area (Å²) in [5.74, 6) is 0.0779. The van der Waals surface area contributed by atoms with Crippen molar-refractivity contribution in [2.24, 2.45) is 11.3 Å². The predicted molar refractivity (Wildman–Crippen MR) is 117 cm³/mol. The lowest BCUT2D eigenvalue weighted by molar-refractivity contribution is -0.151. The van der Waals surface area contributed by atoms with E-state index < -0.39 is 13.9 Å². The van der Waals surface area contributed by atoms with E-state index in [1.807, 2.05) is 6.92 Å². The van der Waals surface area contributed by atoms with Gasteiger partial charge >= 0.3 is 5.97 Å². The summed E-state index contributed by atoms with van der Waals surface area (Å²) in [6.07, 6.45) is 5.69. The lowest BCUT2D eigenvalue weighted by atomic mass is 9.63. The minimum atomic E-state index is -1.84. The largest absolute Gasteiger partial charge is 0.455 e. The Morgan fingerprint density at radius 2 is 1.85 bits per heavy atom. The van der Waals surface area contributed by atoms with Gasteiger partial charge in [0.25, 0.3) is 0 Å². The summed E-state index contributed by atoms with van der Waals surface area (Å²) >= 11 is 0. The maximum absolute atomic E-state index is 11.5. The van der Waals surface area contributed by atoms with Crippen molar-refractivity contribution in [1.82, 2.24) is 0 Å². The molecule has 1 saturated carbocycles. The van der Waals surface area contributed by atoms with Gasteiger partial charge in [-0.1, -0.05) is 53.3 Å². The number of allylic oxidation sites excluding steroid dienone is 1. The maximum Gasteiger partial charge on any atom is 0.303 e. The Kier molecular flexibility index (Phi) is 7.38. The monoisotopic (exact) mass is 394 g/mol. The van der Waals surface area contributed by atoms with Gasteiger partial charge in [0.1, 0.15) is 5.60 Å². The molecule has 0 bridgehead atoms. The van der Waals surface area contributed by atoms with Gasteiger partial charge in [-0.25, -0.2) is 0 Å². The van der Waals surface area contributed by atoms with Crippen LogP contribution in [0.4, 0.5) is 0 Å². The van der Waals surface area contributed by atoms with E-state index in [1.165, 1.54) is 12.5 Å². The zero-order valence-electron chi connectivity index (χ0n) is 19.2. The summed E-state index contributed by atoms with van der Waals surface area (Å²) in [5.41, 5.74) is 0.669. The Balaban J connectivity index is 2.98. The first-order valence-electron chi connectivity index (χ1n) is 10.2. The van der Waals surface area contributed by atoms with Crippen LogP contribution < -0.4 is 0 Å². The van der Waals surface area contributed by atoms with E-state index in [0.717, 1.165) is 25.7 Å². The van der Waals surface area contributed by atoms with Crippen molar-refractivity contribution in [3.05, 3.63) is 24.8 Å². The fraction of sp³-hybridized carbons (Fsp3) is 0.783. The van der Waals surface area contributed by atoms with E-state index in [-0.39, 0.29) is 22.5 Å². The average Bonchev–Trinajstić information content (AvgIpc) is 2.48. The van der Waals surface area contributed by atoms with E-state index in [9.17, 15) is 4.79 Å². The third kappa shape index (κ3) is 5.80. The first kappa shape index (κ1) is 24.2. The van der Waals surface area contributed by atoms with Crippen molar-refractivity contribution in [3.63, 3.8) is 0 Å². The number of ether oxygens (including phenoxy) is 1. The van der Waals surface area contributed by atoms with Crippen LogP contribution in [0, 0.1) is 11.3 Å². The van der Waals surface area contributed by atoms with Gasteiger partial charge in [-0.15, -0.1) is 0 Å². The number of carbonyl (C=O) groups is 1. The zero-order chi connectivity index (χ0) is 21.3. The molecule has 0 aromatic carbocycles. The SMILES string of the molecule is C=CC(C)(CC[C@@H]1C(=C)CC[C@H](O[Si](C)(C)C(C)(C)C)C1(C)C)OC(C)=O. The lowest BCUT2D eigenvalue weighted by Gasteiger charge is -2.51. The highest BCUT2D eigenvalue weighted by atomic mass is 28.4. The van der Waals surface area contributed by atoms with Crippen molar-refractivity contribution < 1.29 is 14.0 Å². The molecule has 1 aliphatic carbocycles. The summed E-state index contributed by atoms with van der Waals surface area (Å²) < 4.78 is 12.4. The molecule has 156 valence electrons. The smallest absolute Gasteiger partial charge is 0.303 e. The number of rotatable bonds is 7. The van der Waals surface area contributed by atoms with Gasteiger partial charge in [0.15, 0.2) is 8.32 Å². The van der Waals surface area contributed by atoms with Crippen LogP contribution in [0.15, 0.2) is 24.8 Å². The molecule has 4 heteroatoms. The summed E-state index contributed by atoms with van der Waals surface area (Å²) in [5, 5.41) is 0.198. The molecule has 3 atom stereocenters. The Labute approximate surface area is 168 Å². The quantitative estimate of drug-likeness (QED) is 0.275. The van der Waals surface area contributed by atoms with Crippen LogP contribution in [0.25, 0.3) is 0 Å². The molecule has 0 spiro atoms. The van der Waals surface area contributed by atoms with E-state index in [1.54, 1.807) is 6.08 Å². The van der Waals surface area contributed by atoms with Gasteiger partial charge in [-0.3, -0.25) is 4.79 Å². The Hall–Kier alpha value is -0.873. The second-order valence-electron chi connectivity index (χ2n) is 10.6. The number of carbonyl (C=O) groups excluding carboxylic acids is 1. The molecule has 27 heavy (non-hydrogen) atoms. The molecule has 0 saturated heterocycles. The highest BCUT2D eigenvalue weighted by Crippen LogP contribution is 2.50. The lowest BCUT2D eigenvalue weighted by Crippen LogP contribution is -2.51. The maximum atomic E-state index is 11.5. The standard InChI is InChI=1S/C23H42O3Si/c1-12-23(9,25-18(3)24)16-15-19-17(2)13-14-20(22(19,7)8)26-27(10,11)21(4,5)6/h12,19-20H,1-2,13-16H2,3-11H3/t19-,20+,23?/m1/s1.